The molecule has 0 aliphatic heterocycles. The molecule has 0 atom stereocenters. The molecule has 122 valence electrons. The van der Waals surface area contributed by atoms with Crippen molar-refractivity contribution in [1.29, 1.82) is 5.26 Å². The van der Waals surface area contributed by atoms with E-state index in [1.807, 2.05) is 12.1 Å². The van der Waals surface area contributed by atoms with Gasteiger partial charge in [0.25, 0.3) is 0 Å². The fourth-order valence-electron chi connectivity index (χ4n) is 2.30. The van der Waals surface area contributed by atoms with Crippen LogP contribution in [0.3, 0.4) is 0 Å². The molecule has 2 aromatic carbocycles. The van der Waals surface area contributed by atoms with Crippen molar-refractivity contribution in [2.24, 2.45) is 0 Å². The number of benzene rings is 2. The van der Waals surface area contributed by atoms with Crippen LogP contribution in [0, 0.1) is 17.1 Å². The molecule has 4 nitrogen and oxygen atoms in total. The van der Waals surface area contributed by atoms with Crippen molar-refractivity contribution < 1.29 is 9.13 Å². The molecule has 0 spiro atoms. The van der Waals surface area contributed by atoms with Crippen LogP contribution in [-0.2, 0) is 0 Å². The Hall–Kier alpha value is -2.55. The largest absolute Gasteiger partial charge is 0.494 e. The highest BCUT2D eigenvalue weighted by atomic mass is 35.5. The first-order chi connectivity index (χ1) is 11.1. The van der Waals surface area contributed by atoms with E-state index in [-0.39, 0.29) is 17.4 Å². The lowest BCUT2D eigenvalue weighted by Gasteiger charge is -2.13. The SMILES string of the molecule is COc1cccc2c(Nc3ccc(F)c(Cl)c3)c(C#N)cnc12.Cl. The van der Waals surface area contributed by atoms with Crippen LogP contribution in [-0.4, -0.2) is 12.1 Å². The molecule has 0 aliphatic carbocycles. The Bertz CT molecular complexity index is 941. The van der Waals surface area contributed by atoms with Gasteiger partial charge < -0.3 is 10.1 Å². The molecule has 0 radical (unpaired) electrons. The number of fused-ring (bicyclic) bond motifs is 1. The molecule has 0 saturated carbocycles. The number of halogens is 3. The van der Waals surface area contributed by atoms with E-state index in [4.69, 9.17) is 16.3 Å². The third-order valence-electron chi connectivity index (χ3n) is 3.39. The Kier molecular flexibility index (Phi) is 5.45. The van der Waals surface area contributed by atoms with Crippen LogP contribution in [0.15, 0.2) is 42.6 Å². The van der Waals surface area contributed by atoms with Crippen molar-refractivity contribution in [2.75, 3.05) is 12.4 Å². The van der Waals surface area contributed by atoms with Crippen LogP contribution in [0.25, 0.3) is 10.9 Å². The van der Waals surface area contributed by atoms with E-state index >= 15 is 0 Å². The summed E-state index contributed by atoms with van der Waals surface area (Å²) in [6.07, 6.45) is 1.47. The van der Waals surface area contributed by atoms with Gasteiger partial charge in [-0.05, 0) is 24.3 Å². The van der Waals surface area contributed by atoms with Crippen molar-refractivity contribution >= 4 is 46.3 Å². The highest BCUT2D eigenvalue weighted by molar-refractivity contribution is 6.31. The molecule has 24 heavy (non-hydrogen) atoms. The number of aromatic nitrogens is 1. The summed E-state index contributed by atoms with van der Waals surface area (Å²) in [5, 5.41) is 13.2. The number of nitriles is 1. The summed E-state index contributed by atoms with van der Waals surface area (Å²) in [6, 6.07) is 11.8. The van der Waals surface area contributed by atoms with Crippen molar-refractivity contribution in [3.8, 4) is 11.8 Å². The zero-order valence-corrected chi connectivity index (χ0v) is 14.1. The lowest BCUT2D eigenvalue weighted by Crippen LogP contribution is -1.98. The molecule has 3 aromatic rings. The average Bonchev–Trinajstić information content (AvgIpc) is 2.57. The van der Waals surface area contributed by atoms with Crippen molar-refractivity contribution in [1.82, 2.24) is 4.98 Å². The number of hydrogen-bond donors (Lipinski definition) is 1. The molecule has 1 heterocycles. The quantitative estimate of drug-likeness (QED) is 0.705. The highest BCUT2D eigenvalue weighted by Gasteiger charge is 2.12. The van der Waals surface area contributed by atoms with Gasteiger partial charge in [0.1, 0.15) is 23.2 Å². The first-order valence-electron chi connectivity index (χ1n) is 6.72. The second kappa shape index (κ2) is 7.35. The second-order valence-electron chi connectivity index (χ2n) is 4.77. The smallest absolute Gasteiger partial charge is 0.145 e. The van der Waals surface area contributed by atoms with Crippen LogP contribution in [0.5, 0.6) is 5.75 Å². The minimum atomic E-state index is -0.501. The topological polar surface area (TPSA) is 57.9 Å². The number of rotatable bonds is 3. The molecule has 0 saturated heterocycles. The van der Waals surface area contributed by atoms with Crippen molar-refractivity contribution in [2.45, 2.75) is 0 Å². The molecular weight excluding hydrogens is 352 g/mol. The molecule has 0 bridgehead atoms. The zero-order valence-electron chi connectivity index (χ0n) is 12.5. The average molecular weight is 364 g/mol. The van der Waals surface area contributed by atoms with Crippen LogP contribution in [0.1, 0.15) is 5.56 Å². The summed E-state index contributed by atoms with van der Waals surface area (Å²) >= 11 is 5.81. The minimum absolute atomic E-state index is 0. The van der Waals surface area contributed by atoms with Crippen molar-refractivity contribution in [3.63, 3.8) is 0 Å². The van der Waals surface area contributed by atoms with Gasteiger partial charge in [-0.2, -0.15) is 5.26 Å². The van der Waals surface area contributed by atoms with Gasteiger partial charge in [-0.15, -0.1) is 12.4 Å². The van der Waals surface area contributed by atoms with Gasteiger partial charge in [-0.3, -0.25) is 4.98 Å². The Morgan fingerprint density at radius 2 is 2.08 bits per heavy atom. The highest BCUT2D eigenvalue weighted by Crippen LogP contribution is 2.33. The monoisotopic (exact) mass is 363 g/mol. The fraction of sp³-hybridized carbons (Fsp3) is 0.0588. The molecule has 0 amide bonds. The van der Waals surface area contributed by atoms with Gasteiger partial charge in [0.05, 0.1) is 23.4 Å². The van der Waals surface area contributed by atoms with E-state index in [2.05, 4.69) is 16.4 Å². The van der Waals surface area contributed by atoms with Gasteiger partial charge in [0, 0.05) is 17.3 Å². The molecule has 1 aromatic heterocycles. The van der Waals surface area contributed by atoms with Crippen LogP contribution < -0.4 is 10.1 Å². The Morgan fingerprint density at radius 3 is 2.75 bits per heavy atom. The number of nitrogens with one attached hydrogen (secondary N) is 1. The van der Waals surface area contributed by atoms with E-state index in [0.29, 0.717) is 28.2 Å². The fourth-order valence-corrected chi connectivity index (χ4v) is 2.48. The number of pyridine rings is 1. The maximum atomic E-state index is 13.3. The van der Waals surface area contributed by atoms with E-state index in [0.717, 1.165) is 5.39 Å². The van der Waals surface area contributed by atoms with E-state index < -0.39 is 5.82 Å². The van der Waals surface area contributed by atoms with Crippen molar-refractivity contribution in [3.05, 3.63) is 59.0 Å². The van der Waals surface area contributed by atoms with E-state index in [9.17, 15) is 9.65 Å². The Balaban J connectivity index is 0.00000208. The first-order valence-corrected chi connectivity index (χ1v) is 7.09. The number of hydrogen-bond acceptors (Lipinski definition) is 4. The lowest BCUT2D eigenvalue weighted by atomic mass is 10.1. The summed E-state index contributed by atoms with van der Waals surface area (Å²) in [4.78, 5) is 4.28. The van der Waals surface area contributed by atoms with E-state index in [1.165, 1.54) is 18.3 Å². The number of para-hydroxylation sites is 1. The Labute approximate surface area is 149 Å². The third-order valence-corrected chi connectivity index (χ3v) is 3.68. The number of nitrogens with zero attached hydrogens (tertiary/aromatic N) is 2. The van der Waals surface area contributed by atoms with Crippen LogP contribution in [0.2, 0.25) is 5.02 Å². The van der Waals surface area contributed by atoms with Gasteiger partial charge in [0.2, 0.25) is 0 Å². The predicted octanol–water partition coefficient (Wildman–Crippen LogP) is 5.07. The van der Waals surface area contributed by atoms with Gasteiger partial charge >= 0.3 is 0 Å². The molecular formula is C17H12Cl2FN3O. The lowest BCUT2D eigenvalue weighted by molar-refractivity contribution is 0.419. The maximum Gasteiger partial charge on any atom is 0.145 e. The maximum absolute atomic E-state index is 13.3. The van der Waals surface area contributed by atoms with Crippen LogP contribution >= 0.6 is 24.0 Å². The van der Waals surface area contributed by atoms with Gasteiger partial charge in [0.15, 0.2) is 0 Å². The minimum Gasteiger partial charge on any atom is -0.494 e. The normalized spacial score (nSPS) is 9.92. The standard InChI is InChI=1S/C17H11ClFN3O.ClH/c1-23-15-4-2-3-12-16(10(8-20)9-21-17(12)15)22-11-5-6-14(19)13(18)7-11;/h2-7,9H,1H3,(H,21,22);1H. The molecule has 0 aliphatic rings. The Morgan fingerprint density at radius 1 is 1.29 bits per heavy atom. The molecule has 3 rings (SSSR count). The second-order valence-corrected chi connectivity index (χ2v) is 5.18. The van der Waals surface area contributed by atoms with Crippen LogP contribution in [0.4, 0.5) is 15.8 Å². The summed E-state index contributed by atoms with van der Waals surface area (Å²) < 4.78 is 18.6. The molecule has 0 unspecified atom stereocenters. The zero-order chi connectivity index (χ0) is 16.4. The summed E-state index contributed by atoms with van der Waals surface area (Å²) in [7, 11) is 1.56. The molecule has 0 fully saturated rings. The summed E-state index contributed by atoms with van der Waals surface area (Å²) in [5.74, 6) is 0.103. The van der Waals surface area contributed by atoms with E-state index in [1.54, 1.807) is 19.2 Å². The van der Waals surface area contributed by atoms with Gasteiger partial charge in [-0.25, -0.2) is 4.39 Å². The summed E-state index contributed by atoms with van der Waals surface area (Å²) in [5.41, 5.74) is 2.14. The number of ether oxygens (including phenoxy) is 1. The molecule has 1 N–H and O–H groups in total. The summed E-state index contributed by atoms with van der Waals surface area (Å²) in [6.45, 7) is 0. The van der Waals surface area contributed by atoms with Gasteiger partial charge in [-0.1, -0.05) is 23.7 Å². The molecule has 7 heteroatoms. The third kappa shape index (κ3) is 3.21. The number of anilines is 2. The predicted molar refractivity (Wildman–Crippen MR) is 95.0 cm³/mol. The number of methoxy groups -OCH3 is 1. The first kappa shape index (κ1) is 17.8.